The number of nitrogens with zero attached hydrogens (tertiary/aromatic N) is 2. The van der Waals surface area contributed by atoms with Crippen LogP contribution in [-0.4, -0.2) is 45.0 Å². The monoisotopic (exact) mass is 556 g/mol. The van der Waals surface area contributed by atoms with Crippen molar-refractivity contribution in [1.29, 1.82) is 0 Å². The molecule has 200 valence electrons. The number of hydrogen-bond acceptors (Lipinski definition) is 6. The second-order valence-corrected chi connectivity index (χ2v) is 10.8. The molecule has 3 amide bonds. The number of hydrogen-bond donors (Lipinski definition) is 2. The van der Waals surface area contributed by atoms with Gasteiger partial charge in [0.15, 0.2) is 5.54 Å². The van der Waals surface area contributed by atoms with Gasteiger partial charge in [0.2, 0.25) is 0 Å². The third kappa shape index (κ3) is 4.59. The van der Waals surface area contributed by atoms with Crippen LogP contribution in [-0.2, 0) is 20.4 Å². The van der Waals surface area contributed by atoms with E-state index in [1.165, 1.54) is 30.3 Å². The van der Waals surface area contributed by atoms with E-state index < -0.39 is 21.5 Å². The first-order chi connectivity index (χ1) is 18.1. The van der Waals surface area contributed by atoms with Gasteiger partial charge in [-0.15, -0.1) is 0 Å². The molecule has 0 saturated heterocycles. The van der Waals surface area contributed by atoms with Crippen LogP contribution in [0.25, 0.3) is 0 Å². The van der Waals surface area contributed by atoms with Crippen LogP contribution >= 0.6 is 11.6 Å². The van der Waals surface area contributed by atoms with Crippen molar-refractivity contribution in [2.75, 3.05) is 29.3 Å². The Kier molecular flexibility index (Phi) is 7.68. The quantitative estimate of drug-likeness (QED) is 0.420. The van der Waals surface area contributed by atoms with E-state index in [2.05, 4.69) is 5.32 Å². The highest BCUT2D eigenvalue weighted by molar-refractivity contribution is 7.93. The van der Waals surface area contributed by atoms with E-state index in [0.717, 1.165) is 0 Å². The second-order valence-electron chi connectivity index (χ2n) is 8.60. The molecule has 3 N–H and O–H groups in total. The van der Waals surface area contributed by atoms with Crippen LogP contribution in [0.2, 0.25) is 5.02 Å². The molecule has 1 aliphatic heterocycles. The SMILES string of the molecule is CCOc1ccc2c(c1)C(N)(c1ccccc1Cl)C(=O)N2S(=O)(=O)c1ccc(NC(=O)N(CC)CC)cc1. The molecule has 0 spiro atoms. The summed E-state index contributed by atoms with van der Waals surface area (Å²) in [6, 6.07) is 16.5. The van der Waals surface area contributed by atoms with Crippen molar-refractivity contribution in [2.45, 2.75) is 31.2 Å². The summed E-state index contributed by atoms with van der Waals surface area (Å²) in [4.78, 5) is 27.8. The Bertz CT molecular complexity index is 1480. The Morgan fingerprint density at radius 1 is 1.03 bits per heavy atom. The first-order valence-electron chi connectivity index (χ1n) is 12.2. The molecule has 38 heavy (non-hydrogen) atoms. The van der Waals surface area contributed by atoms with Crippen molar-refractivity contribution < 1.29 is 22.7 Å². The molecule has 11 heteroatoms. The maximum absolute atomic E-state index is 13.9. The zero-order chi connectivity index (χ0) is 27.7. The average Bonchev–Trinajstić information content (AvgIpc) is 3.13. The highest BCUT2D eigenvalue weighted by Gasteiger charge is 2.54. The predicted molar refractivity (Wildman–Crippen MR) is 147 cm³/mol. The van der Waals surface area contributed by atoms with Crippen LogP contribution in [0.15, 0.2) is 71.6 Å². The van der Waals surface area contributed by atoms with Gasteiger partial charge in [-0.25, -0.2) is 17.5 Å². The molecule has 4 rings (SSSR count). The van der Waals surface area contributed by atoms with Gasteiger partial charge in [0, 0.05) is 34.9 Å². The third-order valence-corrected chi connectivity index (χ3v) is 8.48. The maximum atomic E-state index is 13.9. The molecule has 0 aliphatic carbocycles. The molecule has 3 aromatic rings. The summed E-state index contributed by atoms with van der Waals surface area (Å²) in [5.41, 5.74) is 5.94. The van der Waals surface area contributed by atoms with E-state index in [9.17, 15) is 18.0 Å². The van der Waals surface area contributed by atoms with Gasteiger partial charge in [0.1, 0.15) is 5.75 Å². The number of amides is 3. The van der Waals surface area contributed by atoms with Gasteiger partial charge in [0.05, 0.1) is 17.2 Å². The van der Waals surface area contributed by atoms with Crippen molar-refractivity contribution in [1.82, 2.24) is 4.90 Å². The van der Waals surface area contributed by atoms with Crippen LogP contribution in [0.3, 0.4) is 0 Å². The fraction of sp³-hybridized carbons (Fsp3) is 0.259. The number of fused-ring (bicyclic) bond motifs is 1. The lowest BCUT2D eigenvalue weighted by molar-refractivity contribution is -0.120. The lowest BCUT2D eigenvalue weighted by Gasteiger charge is -2.25. The summed E-state index contributed by atoms with van der Waals surface area (Å²) < 4.78 is 34.0. The number of ether oxygens (including phenoxy) is 1. The Balaban J connectivity index is 1.77. The summed E-state index contributed by atoms with van der Waals surface area (Å²) in [6.07, 6.45) is 0. The molecule has 1 aliphatic rings. The summed E-state index contributed by atoms with van der Waals surface area (Å²) in [6.45, 7) is 6.97. The molecule has 1 unspecified atom stereocenters. The van der Waals surface area contributed by atoms with Crippen molar-refractivity contribution in [3.63, 3.8) is 0 Å². The predicted octanol–water partition coefficient (Wildman–Crippen LogP) is 4.55. The lowest BCUT2D eigenvalue weighted by atomic mass is 9.85. The zero-order valence-electron chi connectivity index (χ0n) is 21.3. The first-order valence-corrected chi connectivity index (χ1v) is 14.0. The largest absolute Gasteiger partial charge is 0.494 e. The van der Waals surface area contributed by atoms with E-state index in [-0.39, 0.29) is 32.8 Å². The minimum absolute atomic E-state index is 0.111. The van der Waals surface area contributed by atoms with Gasteiger partial charge in [-0.3, -0.25) is 4.79 Å². The number of carbonyl (C=O) groups excluding carboxylic acids is 2. The molecule has 9 nitrogen and oxygen atoms in total. The number of nitrogens with one attached hydrogen (secondary N) is 1. The molecular formula is C27H29ClN4O5S. The number of sulfonamides is 1. The van der Waals surface area contributed by atoms with Crippen LogP contribution in [0.4, 0.5) is 16.2 Å². The molecule has 1 heterocycles. The fourth-order valence-electron chi connectivity index (χ4n) is 4.46. The Hall–Kier alpha value is -3.60. The highest BCUT2D eigenvalue weighted by atomic mass is 35.5. The minimum Gasteiger partial charge on any atom is -0.494 e. The van der Waals surface area contributed by atoms with E-state index >= 15 is 0 Å². The van der Waals surface area contributed by atoms with Crippen LogP contribution in [0.5, 0.6) is 5.75 Å². The van der Waals surface area contributed by atoms with Gasteiger partial charge < -0.3 is 20.7 Å². The van der Waals surface area contributed by atoms with Gasteiger partial charge in [-0.2, -0.15) is 0 Å². The van der Waals surface area contributed by atoms with Gasteiger partial charge >= 0.3 is 6.03 Å². The molecule has 0 fully saturated rings. The van der Waals surface area contributed by atoms with E-state index in [0.29, 0.717) is 35.4 Å². The number of rotatable bonds is 8. The molecule has 0 bridgehead atoms. The molecular weight excluding hydrogens is 528 g/mol. The maximum Gasteiger partial charge on any atom is 0.321 e. The van der Waals surface area contributed by atoms with Crippen LogP contribution < -0.4 is 20.1 Å². The Morgan fingerprint density at radius 2 is 1.68 bits per heavy atom. The summed E-state index contributed by atoms with van der Waals surface area (Å²) >= 11 is 6.44. The smallest absolute Gasteiger partial charge is 0.321 e. The van der Waals surface area contributed by atoms with Crippen molar-refractivity contribution in [3.8, 4) is 5.75 Å². The summed E-state index contributed by atoms with van der Waals surface area (Å²) in [5, 5.41) is 2.96. The first kappa shape index (κ1) is 27.4. The molecule has 1 atom stereocenters. The van der Waals surface area contributed by atoms with E-state index in [1.807, 2.05) is 20.8 Å². The van der Waals surface area contributed by atoms with Crippen molar-refractivity contribution in [2.24, 2.45) is 5.73 Å². The number of carbonyl (C=O) groups is 2. The lowest BCUT2D eigenvalue weighted by Crippen LogP contribution is -2.49. The number of urea groups is 1. The fourth-order valence-corrected chi connectivity index (χ4v) is 6.21. The number of anilines is 2. The highest BCUT2D eigenvalue weighted by Crippen LogP contribution is 2.48. The number of nitrogens with two attached hydrogens (primary N) is 1. The van der Waals surface area contributed by atoms with E-state index in [4.69, 9.17) is 22.1 Å². The average molecular weight is 557 g/mol. The van der Waals surface area contributed by atoms with Crippen molar-refractivity contribution >= 4 is 44.9 Å². The van der Waals surface area contributed by atoms with Crippen LogP contribution in [0, 0.1) is 0 Å². The Labute approximate surface area is 227 Å². The number of halogens is 1. The van der Waals surface area contributed by atoms with Crippen LogP contribution in [0.1, 0.15) is 31.9 Å². The van der Waals surface area contributed by atoms with Gasteiger partial charge in [-0.05, 0) is 69.3 Å². The number of benzene rings is 3. The van der Waals surface area contributed by atoms with Gasteiger partial charge in [-0.1, -0.05) is 29.8 Å². The van der Waals surface area contributed by atoms with Crippen molar-refractivity contribution in [3.05, 3.63) is 82.9 Å². The summed E-state index contributed by atoms with van der Waals surface area (Å²) in [7, 11) is -4.39. The summed E-state index contributed by atoms with van der Waals surface area (Å²) in [5.74, 6) is -0.429. The molecule has 3 aromatic carbocycles. The molecule has 0 radical (unpaired) electrons. The standard InChI is InChI=1S/C27H29ClN4O5S/c1-4-31(5-2)26(34)30-18-11-14-20(15-12-18)38(35,36)32-24-16-13-19(37-6-3)17-22(24)27(29,25(32)33)21-9-7-8-10-23(21)28/h7-17H,4-6,29H2,1-3H3,(H,30,34). The zero-order valence-corrected chi connectivity index (χ0v) is 22.8. The third-order valence-electron chi connectivity index (χ3n) is 6.44. The van der Waals surface area contributed by atoms with Gasteiger partial charge in [0.25, 0.3) is 15.9 Å². The topological polar surface area (TPSA) is 122 Å². The molecule has 0 saturated carbocycles. The Morgan fingerprint density at radius 3 is 2.29 bits per heavy atom. The minimum atomic E-state index is -4.39. The molecule has 0 aromatic heterocycles. The normalized spacial score (nSPS) is 16.8. The van der Waals surface area contributed by atoms with E-state index in [1.54, 1.807) is 41.3 Å². The second kappa shape index (κ2) is 10.6.